The van der Waals surface area contributed by atoms with Gasteiger partial charge >= 0.3 is 0 Å². The Morgan fingerprint density at radius 2 is 2.05 bits per heavy atom. The number of aryl methyl sites for hydroxylation is 2. The first kappa shape index (κ1) is 13.9. The van der Waals surface area contributed by atoms with Crippen molar-refractivity contribution >= 4 is 16.9 Å². The van der Waals surface area contributed by atoms with E-state index in [0.29, 0.717) is 12.1 Å². The van der Waals surface area contributed by atoms with Gasteiger partial charge < -0.3 is 10.1 Å². The summed E-state index contributed by atoms with van der Waals surface area (Å²) in [5.41, 5.74) is 3.98. The molecule has 1 aromatic heterocycles. The maximum atomic E-state index is 12.2. The van der Waals surface area contributed by atoms with E-state index in [1.807, 2.05) is 19.9 Å². The molecule has 0 unspecified atom stereocenters. The normalized spacial score (nSPS) is 18.1. The second kappa shape index (κ2) is 5.77. The van der Waals surface area contributed by atoms with Gasteiger partial charge in [0.1, 0.15) is 0 Å². The number of hydrogen-bond donors (Lipinski definition) is 1. The van der Waals surface area contributed by atoms with E-state index in [1.54, 1.807) is 12.1 Å². The number of carbonyl (C=O) groups is 1. The molecule has 0 bridgehead atoms. The third-order valence-corrected chi connectivity index (χ3v) is 3.85. The van der Waals surface area contributed by atoms with Gasteiger partial charge in [-0.1, -0.05) is 0 Å². The van der Waals surface area contributed by atoms with Crippen LogP contribution in [-0.4, -0.2) is 35.1 Å². The molecule has 0 radical (unpaired) electrons. The Labute approximate surface area is 123 Å². The number of fused-ring (bicyclic) bond motifs is 1. The first-order valence-electron chi connectivity index (χ1n) is 7.28. The van der Waals surface area contributed by atoms with Crippen LogP contribution in [-0.2, 0) is 4.74 Å². The number of rotatable bonds is 3. The van der Waals surface area contributed by atoms with Crippen LogP contribution >= 0.6 is 0 Å². The van der Waals surface area contributed by atoms with Gasteiger partial charge in [-0.15, -0.1) is 0 Å². The van der Waals surface area contributed by atoms with E-state index in [-0.39, 0.29) is 12.0 Å². The minimum Gasteiger partial charge on any atom is -0.376 e. The number of nitrogens with one attached hydrogen (secondary N) is 1. The number of hydrogen-bond acceptors (Lipinski definition) is 4. The van der Waals surface area contributed by atoms with Crippen molar-refractivity contribution in [1.82, 2.24) is 15.3 Å². The third-order valence-electron chi connectivity index (χ3n) is 3.85. The molecule has 5 heteroatoms. The summed E-state index contributed by atoms with van der Waals surface area (Å²) >= 11 is 0. The zero-order valence-corrected chi connectivity index (χ0v) is 12.3. The van der Waals surface area contributed by atoms with Crippen LogP contribution in [0.5, 0.6) is 0 Å². The Bertz CT molecular complexity index is 679. The first-order chi connectivity index (χ1) is 10.1. The van der Waals surface area contributed by atoms with Crippen LogP contribution in [0.3, 0.4) is 0 Å². The molecule has 0 aliphatic carbocycles. The van der Waals surface area contributed by atoms with Crippen molar-refractivity contribution in [3.63, 3.8) is 0 Å². The van der Waals surface area contributed by atoms with Crippen LogP contribution in [0.25, 0.3) is 11.0 Å². The van der Waals surface area contributed by atoms with Crippen LogP contribution in [0.2, 0.25) is 0 Å². The molecule has 1 N–H and O–H groups in total. The number of nitrogens with zero attached hydrogens (tertiary/aromatic N) is 2. The molecule has 0 spiro atoms. The van der Waals surface area contributed by atoms with Gasteiger partial charge in [0.2, 0.25) is 0 Å². The molecule has 1 aromatic carbocycles. The summed E-state index contributed by atoms with van der Waals surface area (Å²) in [6, 6.07) is 5.42. The molecular weight excluding hydrogens is 266 g/mol. The number of ether oxygens (including phenoxy) is 1. The minimum absolute atomic E-state index is 0.0903. The summed E-state index contributed by atoms with van der Waals surface area (Å²) in [7, 11) is 0. The number of carbonyl (C=O) groups excluding carboxylic acids is 1. The van der Waals surface area contributed by atoms with E-state index in [2.05, 4.69) is 15.3 Å². The van der Waals surface area contributed by atoms with Crippen LogP contribution in [0, 0.1) is 13.8 Å². The SMILES string of the molecule is Cc1nc2ccc(C(=O)NC[C@@H]3CCCO3)cc2nc1C. The second-order valence-electron chi connectivity index (χ2n) is 5.44. The van der Waals surface area contributed by atoms with Crippen molar-refractivity contribution in [2.45, 2.75) is 32.8 Å². The molecule has 1 fully saturated rings. The lowest BCUT2D eigenvalue weighted by Crippen LogP contribution is -2.31. The van der Waals surface area contributed by atoms with Crippen LogP contribution in [0.4, 0.5) is 0 Å². The molecule has 2 heterocycles. The molecule has 110 valence electrons. The maximum Gasteiger partial charge on any atom is 0.251 e. The molecule has 0 saturated carbocycles. The first-order valence-corrected chi connectivity index (χ1v) is 7.28. The van der Waals surface area contributed by atoms with Crippen molar-refractivity contribution in [3.8, 4) is 0 Å². The molecule has 3 rings (SSSR count). The van der Waals surface area contributed by atoms with Gasteiger partial charge in [0.15, 0.2) is 0 Å². The molecule has 1 aliphatic heterocycles. The largest absolute Gasteiger partial charge is 0.376 e. The summed E-state index contributed by atoms with van der Waals surface area (Å²) < 4.78 is 5.50. The van der Waals surface area contributed by atoms with Crippen molar-refractivity contribution in [2.75, 3.05) is 13.2 Å². The molecule has 2 aromatic rings. The maximum absolute atomic E-state index is 12.2. The molecule has 21 heavy (non-hydrogen) atoms. The third kappa shape index (κ3) is 3.03. The van der Waals surface area contributed by atoms with Gasteiger partial charge in [-0.05, 0) is 44.9 Å². The zero-order chi connectivity index (χ0) is 14.8. The van der Waals surface area contributed by atoms with Gasteiger partial charge in [-0.3, -0.25) is 4.79 Å². The second-order valence-corrected chi connectivity index (χ2v) is 5.44. The Hall–Kier alpha value is -2.01. The van der Waals surface area contributed by atoms with E-state index < -0.39 is 0 Å². The van der Waals surface area contributed by atoms with Gasteiger partial charge in [0, 0.05) is 18.7 Å². The molecule has 1 atom stereocenters. The summed E-state index contributed by atoms with van der Waals surface area (Å²) in [6.45, 7) is 5.22. The summed E-state index contributed by atoms with van der Waals surface area (Å²) in [5, 5.41) is 2.92. The van der Waals surface area contributed by atoms with Gasteiger partial charge in [-0.2, -0.15) is 0 Å². The fourth-order valence-corrected chi connectivity index (χ4v) is 2.49. The van der Waals surface area contributed by atoms with Crippen LogP contribution in [0.1, 0.15) is 34.6 Å². The minimum atomic E-state index is -0.0903. The molecule has 1 saturated heterocycles. The smallest absolute Gasteiger partial charge is 0.251 e. The number of aromatic nitrogens is 2. The van der Waals surface area contributed by atoms with Crippen LogP contribution in [0.15, 0.2) is 18.2 Å². The van der Waals surface area contributed by atoms with E-state index >= 15 is 0 Å². The summed E-state index contributed by atoms with van der Waals surface area (Å²) in [5.74, 6) is -0.0903. The van der Waals surface area contributed by atoms with Crippen molar-refractivity contribution in [1.29, 1.82) is 0 Å². The Balaban J connectivity index is 1.76. The highest BCUT2D eigenvalue weighted by Crippen LogP contribution is 2.15. The standard InChI is InChI=1S/C16H19N3O2/c1-10-11(2)19-15-8-12(5-6-14(15)18-10)16(20)17-9-13-4-3-7-21-13/h5-6,8,13H,3-4,7,9H2,1-2H3,(H,17,20)/t13-/m0/s1. The van der Waals surface area contributed by atoms with Crippen molar-refractivity contribution in [2.24, 2.45) is 0 Å². The Morgan fingerprint density at radius 3 is 2.76 bits per heavy atom. The quantitative estimate of drug-likeness (QED) is 0.938. The lowest BCUT2D eigenvalue weighted by Gasteiger charge is -2.11. The van der Waals surface area contributed by atoms with E-state index in [1.165, 1.54) is 0 Å². The van der Waals surface area contributed by atoms with E-state index in [0.717, 1.165) is 41.9 Å². The highest BCUT2D eigenvalue weighted by Gasteiger charge is 2.17. The van der Waals surface area contributed by atoms with Crippen molar-refractivity contribution in [3.05, 3.63) is 35.2 Å². The predicted molar refractivity (Wildman–Crippen MR) is 80.3 cm³/mol. The lowest BCUT2D eigenvalue weighted by atomic mass is 10.1. The topological polar surface area (TPSA) is 64.1 Å². The predicted octanol–water partition coefficient (Wildman–Crippen LogP) is 2.16. The summed E-state index contributed by atoms with van der Waals surface area (Å²) in [4.78, 5) is 21.1. The zero-order valence-electron chi connectivity index (χ0n) is 12.3. The highest BCUT2D eigenvalue weighted by atomic mass is 16.5. The number of benzene rings is 1. The van der Waals surface area contributed by atoms with Crippen molar-refractivity contribution < 1.29 is 9.53 Å². The molecular formula is C16H19N3O2. The lowest BCUT2D eigenvalue weighted by molar-refractivity contribution is 0.0858. The fourth-order valence-electron chi connectivity index (χ4n) is 2.49. The fraction of sp³-hybridized carbons (Fsp3) is 0.438. The average Bonchev–Trinajstić information content (AvgIpc) is 2.99. The summed E-state index contributed by atoms with van der Waals surface area (Å²) in [6.07, 6.45) is 2.24. The number of amides is 1. The average molecular weight is 285 g/mol. The Kier molecular flexibility index (Phi) is 3.84. The van der Waals surface area contributed by atoms with E-state index in [9.17, 15) is 4.79 Å². The van der Waals surface area contributed by atoms with Gasteiger partial charge in [0.05, 0.1) is 28.5 Å². The monoisotopic (exact) mass is 285 g/mol. The highest BCUT2D eigenvalue weighted by molar-refractivity contribution is 5.97. The van der Waals surface area contributed by atoms with Gasteiger partial charge in [-0.25, -0.2) is 9.97 Å². The van der Waals surface area contributed by atoms with Crippen LogP contribution < -0.4 is 5.32 Å². The van der Waals surface area contributed by atoms with E-state index in [4.69, 9.17) is 4.74 Å². The molecule has 1 amide bonds. The molecule has 1 aliphatic rings. The van der Waals surface area contributed by atoms with Gasteiger partial charge in [0.25, 0.3) is 5.91 Å². The Morgan fingerprint density at radius 1 is 1.29 bits per heavy atom. The molecule has 5 nitrogen and oxygen atoms in total.